The fourth-order valence-corrected chi connectivity index (χ4v) is 2.40. The van der Waals surface area contributed by atoms with E-state index in [2.05, 4.69) is 0 Å². The highest BCUT2D eigenvalue weighted by Crippen LogP contribution is 2.34. The van der Waals surface area contributed by atoms with Gasteiger partial charge in [-0.05, 0) is 36.4 Å². The standard InChI is InChI=1S/C13H10F2N2OS/c14-8-2-3-9(15)11(6-8)19-12-5-7(13(17)18)1-4-10(12)16/h1-6H,16H2,(H2,17,18). The van der Waals surface area contributed by atoms with Gasteiger partial charge in [0.15, 0.2) is 0 Å². The van der Waals surface area contributed by atoms with E-state index in [1.165, 1.54) is 18.2 Å². The first kappa shape index (κ1) is 13.4. The SMILES string of the molecule is NC(=O)c1ccc(N)c(Sc2cc(F)ccc2F)c1. The van der Waals surface area contributed by atoms with Crippen LogP contribution in [0.5, 0.6) is 0 Å². The Morgan fingerprint density at radius 2 is 1.79 bits per heavy atom. The molecule has 0 saturated carbocycles. The molecule has 19 heavy (non-hydrogen) atoms. The van der Waals surface area contributed by atoms with Gasteiger partial charge in [-0.2, -0.15) is 0 Å². The van der Waals surface area contributed by atoms with E-state index in [-0.39, 0.29) is 10.5 Å². The Labute approximate surface area is 112 Å². The Morgan fingerprint density at radius 3 is 2.47 bits per heavy atom. The average molecular weight is 280 g/mol. The van der Waals surface area contributed by atoms with Gasteiger partial charge >= 0.3 is 0 Å². The zero-order valence-corrected chi connectivity index (χ0v) is 10.5. The first-order valence-electron chi connectivity index (χ1n) is 5.29. The third-order valence-corrected chi connectivity index (χ3v) is 3.52. The van der Waals surface area contributed by atoms with Crippen LogP contribution >= 0.6 is 11.8 Å². The number of carbonyl (C=O) groups is 1. The van der Waals surface area contributed by atoms with E-state index in [4.69, 9.17) is 11.5 Å². The van der Waals surface area contributed by atoms with Gasteiger partial charge in [0.1, 0.15) is 11.6 Å². The number of hydrogen-bond donors (Lipinski definition) is 2. The number of nitrogens with two attached hydrogens (primary N) is 2. The molecule has 0 spiro atoms. The van der Waals surface area contributed by atoms with E-state index in [0.29, 0.717) is 10.6 Å². The third-order valence-electron chi connectivity index (χ3n) is 2.41. The number of nitrogen functional groups attached to an aromatic ring is 1. The minimum atomic E-state index is -0.610. The first-order valence-corrected chi connectivity index (χ1v) is 6.11. The summed E-state index contributed by atoms with van der Waals surface area (Å²) < 4.78 is 26.6. The summed E-state index contributed by atoms with van der Waals surface area (Å²) in [7, 11) is 0. The summed E-state index contributed by atoms with van der Waals surface area (Å²) in [5.41, 5.74) is 11.5. The van der Waals surface area contributed by atoms with Gasteiger partial charge in [-0.25, -0.2) is 8.78 Å². The van der Waals surface area contributed by atoms with E-state index in [1.54, 1.807) is 0 Å². The van der Waals surface area contributed by atoms with Crippen molar-refractivity contribution < 1.29 is 13.6 Å². The van der Waals surface area contributed by atoms with Gasteiger partial charge < -0.3 is 11.5 Å². The van der Waals surface area contributed by atoms with Crippen LogP contribution in [0.4, 0.5) is 14.5 Å². The predicted octanol–water partition coefficient (Wildman–Crippen LogP) is 2.80. The number of benzene rings is 2. The molecule has 4 N–H and O–H groups in total. The molecule has 2 rings (SSSR count). The summed E-state index contributed by atoms with van der Waals surface area (Å²) in [4.78, 5) is 11.6. The summed E-state index contributed by atoms with van der Waals surface area (Å²) in [5.74, 6) is -1.72. The second-order valence-electron chi connectivity index (χ2n) is 3.79. The van der Waals surface area contributed by atoms with Crippen LogP contribution in [0.2, 0.25) is 0 Å². The lowest BCUT2D eigenvalue weighted by Gasteiger charge is -2.08. The molecule has 2 aromatic rings. The molecule has 6 heteroatoms. The largest absolute Gasteiger partial charge is 0.398 e. The van der Waals surface area contributed by atoms with Crippen molar-refractivity contribution in [3.63, 3.8) is 0 Å². The maximum absolute atomic E-state index is 13.5. The van der Waals surface area contributed by atoms with Crippen molar-refractivity contribution in [2.24, 2.45) is 5.73 Å². The molecule has 0 aliphatic carbocycles. The molecule has 0 unspecified atom stereocenters. The van der Waals surface area contributed by atoms with Crippen molar-refractivity contribution in [3.05, 3.63) is 53.6 Å². The van der Waals surface area contributed by atoms with Crippen LogP contribution in [0.1, 0.15) is 10.4 Å². The highest BCUT2D eigenvalue weighted by atomic mass is 32.2. The maximum Gasteiger partial charge on any atom is 0.248 e. The predicted molar refractivity (Wildman–Crippen MR) is 69.9 cm³/mol. The average Bonchev–Trinajstić information content (AvgIpc) is 2.36. The normalized spacial score (nSPS) is 10.4. The van der Waals surface area contributed by atoms with Crippen molar-refractivity contribution in [3.8, 4) is 0 Å². The van der Waals surface area contributed by atoms with Crippen LogP contribution < -0.4 is 11.5 Å². The molecule has 0 atom stereocenters. The second kappa shape index (κ2) is 5.27. The molecule has 0 aliphatic rings. The lowest BCUT2D eigenvalue weighted by Crippen LogP contribution is -2.11. The quantitative estimate of drug-likeness (QED) is 0.849. The summed E-state index contributed by atoms with van der Waals surface area (Å²) in [6.07, 6.45) is 0. The number of rotatable bonds is 3. The van der Waals surface area contributed by atoms with Gasteiger partial charge in [0.05, 0.1) is 4.90 Å². The minimum absolute atomic E-state index is 0.0910. The topological polar surface area (TPSA) is 69.1 Å². The van der Waals surface area contributed by atoms with Crippen LogP contribution in [0.3, 0.4) is 0 Å². The highest BCUT2D eigenvalue weighted by Gasteiger charge is 2.10. The summed E-state index contributed by atoms with van der Waals surface area (Å²) in [6.45, 7) is 0. The Balaban J connectivity index is 2.40. The number of anilines is 1. The van der Waals surface area contributed by atoms with Gasteiger partial charge in [0.2, 0.25) is 5.91 Å². The van der Waals surface area contributed by atoms with Gasteiger partial charge in [-0.3, -0.25) is 4.79 Å². The van der Waals surface area contributed by atoms with Crippen LogP contribution in [-0.4, -0.2) is 5.91 Å². The van der Waals surface area contributed by atoms with E-state index in [0.717, 1.165) is 30.0 Å². The van der Waals surface area contributed by atoms with Gasteiger partial charge in [-0.1, -0.05) is 11.8 Å². The monoisotopic (exact) mass is 280 g/mol. The molecular formula is C13H10F2N2OS. The summed E-state index contributed by atoms with van der Waals surface area (Å²) in [6, 6.07) is 7.56. The number of primary amides is 1. The van der Waals surface area contributed by atoms with Crippen molar-refractivity contribution >= 4 is 23.4 Å². The van der Waals surface area contributed by atoms with Crippen LogP contribution in [0.25, 0.3) is 0 Å². The Kier molecular flexibility index (Phi) is 3.71. The summed E-state index contributed by atoms with van der Waals surface area (Å²) >= 11 is 0.939. The van der Waals surface area contributed by atoms with Gasteiger partial charge in [-0.15, -0.1) is 0 Å². The summed E-state index contributed by atoms with van der Waals surface area (Å²) in [5, 5.41) is 0. The van der Waals surface area contributed by atoms with Crippen molar-refractivity contribution in [2.75, 3.05) is 5.73 Å². The van der Waals surface area contributed by atoms with Crippen LogP contribution in [0.15, 0.2) is 46.2 Å². The van der Waals surface area contributed by atoms with Crippen LogP contribution in [0, 0.1) is 11.6 Å². The lowest BCUT2D eigenvalue weighted by molar-refractivity contribution is 0.1000. The molecule has 0 radical (unpaired) electrons. The van der Waals surface area contributed by atoms with E-state index < -0.39 is 17.5 Å². The molecular weight excluding hydrogens is 270 g/mol. The molecule has 0 bridgehead atoms. The maximum atomic E-state index is 13.5. The van der Waals surface area contributed by atoms with E-state index in [9.17, 15) is 13.6 Å². The third kappa shape index (κ3) is 3.03. The highest BCUT2D eigenvalue weighted by molar-refractivity contribution is 7.99. The zero-order chi connectivity index (χ0) is 14.0. The van der Waals surface area contributed by atoms with Crippen molar-refractivity contribution in [1.29, 1.82) is 0 Å². The molecule has 0 heterocycles. The molecule has 2 aromatic carbocycles. The number of halogens is 2. The minimum Gasteiger partial charge on any atom is -0.398 e. The van der Waals surface area contributed by atoms with Gasteiger partial charge in [0.25, 0.3) is 0 Å². The van der Waals surface area contributed by atoms with E-state index >= 15 is 0 Å². The molecule has 1 amide bonds. The molecule has 0 saturated heterocycles. The number of hydrogen-bond acceptors (Lipinski definition) is 3. The van der Waals surface area contributed by atoms with Crippen molar-refractivity contribution in [2.45, 2.75) is 9.79 Å². The lowest BCUT2D eigenvalue weighted by atomic mass is 10.2. The molecule has 98 valence electrons. The Bertz CT molecular complexity index is 647. The fraction of sp³-hybridized carbons (Fsp3) is 0. The number of carbonyl (C=O) groups excluding carboxylic acids is 1. The smallest absolute Gasteiger partial charge is 0.248 e. The first-order chi connectivity index (χ1) is 8.97. The Hall–Kier alpha value is -2.08. The zero-order valence-electron chi connectivity index (χ0n) is 9.69. The molecule has 0 aromatic heterocycles. The van der Waals surface area contributed by atoms with Crippen LogP contribution in [-0.2, 0) is 0 Å². The van der Waals surface area contributed by atoms with Crippen molar-refractivity contribution in [1.82, 2.24) is 0 Å². The molecule has 0 fully saturated rings. The molecule has 0 aliphatic heterocycles. The number of amides is 1. The molecule has 3 nitrogen and oxygen atoms in total. The fourth-order valence-electron chi connectivity index (χ4n) is 1.45. The Morgan fingerprint density at radius 1 is 1.05 bits per heavy atom. The van der Waals surface area contributed by atoms with E-state index in [1.807, 2.05) is 0 Å². The second-order valence-corrected chi connectivity index (χ2v) is 4.88. The van der Waals surface area contributed by atoms with Gasteiger partial charge in [0, 0.05) is 16.1 Å².